The van der Waals surface area contributed by atoms with Gasteiger partial charge in [0.25, 0.3) is 0 Å². The quantitative estimate of drug-likeness (QED) is 0.733. The minimum Gasteiger partial charge on any atom is -0.495 e. The van der Waals surface area contributed by atoms with Gasteiger partial charge in [-0.15, -0.1) is 0 Å². The Labute approximate surface area is 95.6 Å². The fourth-order valence-corrected chi connectivity index (χ4v) is 1.62. The van der Waals surface area contributed by atoms with Crippen LogP contribution in [-0.2, 0) is 4.74 Å². The molecule has 1 aromatic rings. The fraction of sp³-hybridized carbons (Fsp3) is 0.385. The van der Waals surface area contributed by atoms with Gasteiger partial charge in [-0.25, -0.2) is 0 Å². The van der Waals surface area contributed by atoms with Crippen molar-refractivity contribution in [3.63, 3.8) is 0 Å². The molecular weight excluding hydrogens is 204 g/mol. The molecule has 0 aliphatic carbocycles. The molecule has 1 unspecified atom stereocenters. The third kappa shape index (κ3) is 2.13. The van der Waals surface area contributed by atoms with Gasteiger partial charge in [0.1, 0.15) is 12.4 Å². The molecule has 0 amide bonds. The molecule has 0 saturated carbocycles. The first-order chi connectivity index (χ1) is 7.70. The molecular formula is C13H16O3. The van der Waals surface area contributed by atoms with Crippen LogP contribution in [-0.4, -0.2) is 19.3 Å². The molecule has 0 radical (unpaired) electrons. The minimum atomic E-state index is -0.213. The topological polar surface area (TPSA) is 27.7 Å². The second-order valence-corrected chi connectivity index (χ2v) is 3.77. The van der Waals surface area contributed by atoms with E-state index in [0.29, 0.717) is 19.0 Å². The van der Waals surface area contributed by atoms with Crippen molar-refractivity contribution < 1.29 is 14.2 Å². The van der Waals surface area contributed by atoms with Crippen molar-refractivity contribution >= 4 is 0 Å². The van der Waals surface area contributed by atoms with Crippen molar-refractivity contribution in [2.45, 2.75) is 20.0 Å². The van der Waals surface area contributed by atoms with E-state index < -0.39 is 0 Å². The highest BCUT2D eigenvalue weighted by Crippen LogP contribution is 2.33. The zero-order valence-electron chi connectivity index (χ0n) is 9.66. The van der Waals surface area contributed by atoms with E-state index in [-0.39, 0.29) is 6.10 Å². The Bertz CT molecular complexity index is 398. The minimum absolute atomic E-state index is 0.213. The predicted octanol–water partition coefficient (Wildman–Crippen LogP) is 2.69. The fourth-order valence-electron chi connectivity index (χ4n) is 1.62. The summed E-state index contributed by atoms with van der Waals surface area (Å²) >= 11 is 0. The second kappa shape index (κ2) is 4.47. The molecule has 16 heavy (non-hydrogen) atoms. The summed E-state index contributed by atoms with van der Waals surface area (Å²) in [7, 11) is 0. The van der Waals surface area contributed by atoms with E-state index >= 15 is 0 Å². The van der Waals surface area contributed by atoms with E-state index in [1.54, 1.807) is 0 Å². The van der Waals surface area contributed by atoms with Crippen molar-refractivity contribution in [2.24, 2.45) is 0 Å². The summed E-state index contributed by atoms with van der Waals surface area (Å²) in [6.45, 7) is 8.83. The zero-order valence-corrected chi connectivity index (χ0v) is 9.66. The number of ether oxygens (including phenoxy) is 3. The average molecular weight is 220 g/mol. The van der Waals surface area contributed by atoms with Crippen molar-refractivity contribution in [3.8, 4) is 11.5 Å². The molecule has 1 aliphatic heterocycles. The Morgan fingerprint density at radius 3 is 3.06 bits per heavy atom. The Morgan fingerprint density at radius 2 is 2.31 bits per heavy atom. The monoisotopic (exact) mass is 220 g/mol. The molecule has 0 bridgehead atoms. The summed E-state index contributed by atoms with van der Waals surface area (Å²) in [5.41, 5.74) is 1.16. The predicted molar refractivity (Wildman–Crippen MR) is 61.9 cm³/mol. The third-order valence-electron chi connectivity index (χ3n) is 2.45. The van der Waals surface area contributed by atoms with E-state index in [9.17, 15) is 0 Å². The molecule has 2 rings (SSSR count). The molecule has 3 nitrogen and oxygen atoms in total. The lowest BCUT2D eigenvalue weighted by molar-refractivity contribution is 0.0625. The molecule has 0 aromatic heterocycles. The van der Waals surface area contributed by atoms with E-state index in [2.05, 4.69) is 6.58 Å². The van der Waals surface area contributed by atoms with Gasteiger partial charge in [0, 0.05) is 0 Å². The SMILES string of the molecule is C=C(OCC)C1COc2cc(C)ccc2O1. The summed E-state index contributed by atoms with van der Waals surface area (Å²) in [4.78, 5) is 0. The number of hydrogen-bond donors (Lipinski definition) is 0. The van der Waals surface area contributed by atoms with Gasteiger partial charge < -0.3 is 14.2 Å². The molecule has 1 heterocycles. The van der Waals surface area contributed by atoms with Crippen LogP contribution in [0.2, 0.25) is 0 Å². The summed E-state index contributed by atoms with van der Waals surface area (Å²) in [5, 5.41) is 0. The third-order valence-corrected chi connectivity index (χ3v) is 2.45. The Kier molecular flexibility index (Phi) is 3.04. The highest BCUT2D eigenvalue weighted by molar-refractivity contribution is 5.44. The molecule has 0 N–H and O–H groups in total. The largest absolute Gasteiger partial charge is 0.495 e. The Morgan fingerprint density at radius 1 is 1.50 bits per heavy atom. The molecule has 1 aromatic carbocycles. The number of benzene rings is 1. The highest BCUT2D eigenvalue weighted by Gasteiger charge is 2.24. The maximum Gasteiger partial charge on any atom is 0.189 e. The second-order valence-electron chi connectivity index (χ2n) is 3.77. The van der Waals surface area contributed by atoms with Gasteiger partial charge in [-0.05, 0) is 31.5 Å². The van der Waals surface area contributed by atoms with Gasteiger partial charge in [-0.2, -0.15) is 0 Å². The van der Waals surface area contributed by atoms with Crippen molar-refractivity contribution in [1.29, 1.82) is 0 Å². The van der Waals surface area contributed by atoms with Crippen molar-refractivity contribution in [3.05, 3.63) is 36.1 Å². The lowest BCUT2D eigenvalue weighted by atomic mass is 10.2. The van der Waals surface area contributed by atoms with Crippen molar-refractivity contribution in [1.82, 2.24) is 0 Å². The van der Waals surface area contributed by atoms with Crippen LogP contribution < -0.4 is 9.47 Å². The Hall–Kier alpha value is -1.64. The molecule has 0 spiro atoms. The van der Waals surface area contributed by atoms with E-state index in [1.807, 2.05) is 32.0 Å². The Balaban J connectivity index is 2.12. The van der Waals surface area contributed by atoms with Crippen LogP contribution in [0.3, 0.4) is 0 Å². The maximum absolute atomic E-state index is 5.75. The highest BCUT2D eigenvalue weighted by atomic mass is 16.6. The summed E-state index contributed by atoms with van der Waals surface area (Å²) in [6.07, 6.45) is -0.213. The van der Waals surface area contributed by atoms with Crippen LogP contribution >= 0.6 is 0 Å². The average Bonchev–Trinajstić information content (AvgIpc) is 2.28. The first-order valence-corrected chi connectivity index (χ1v) is 5.42. The van der Waals surface area contributed by atoms with Crippen LogP contribution in [0.25, 0.3) is 0 Å². The summed E-state index contributed by atoms with van der Waals surface area (Å²) in [5.74, 6) is 2.16. The lowest BCUT2D eigenvalue weighted by Crippen LogP contribution is -2.31. The van der Waals surface area contributed by atoms with Gasteiger partial charge >= 0.3 is 0 Å². The number of hydrogen-bond acceptors (Lipinski definition) is 3. The van der Waals surface area contributed by atoms with Crippen LogP contribution in [0.15, 0.2) is 30.5 Å². The molecule has 1 atom stereocenters. The van der Waals surface area contributed by atoms with E-state index in [1.165, 1.54) is 0 Å². The number of aryl methyl sites for hydroxylation is 1. The lowest BCUT2D eigenvalue weighted by Gasteiger charge is -2.27. The van der Waals surface area contributed by atoms with Gasteiger partial charge in [0.2, 0.25) is 0 Å². The number of fused-ring (bicyclic) bond motifs is 1. The van der Waals surface area contributed by atoms with Crippen LogP contribution in [0, 0.1) is 6.92 Å². The van der Waals surface area contributed by atoms with Crippen molar-refractivity contribution in [2.75, 3.05) is 13.2 Å². The molecule has 1 aliphatic rings. The molecule has 0 fully saturated rings. The molecule has 0 saturated heterocycles. The number of rotatable bonds is 3. The zero-order chi connectivity index (χ0) is 11.5. The summed E-state index contributed by atoms with van der Waals surface area (Å²) < 4.78 is 16.7. The van der Waals surface area contributed by atoms with Crippen LogP contribution in [0.5, 0.6) is 11.5 Å². The normalized spacial score (nSPS) is 18.0. The smallest absolute Gasteiger partial charge is 0.189 e. The van der Waals surface area contributed by atoms with E-state index in [4.69, 9.17) is 14.2 Å². The van der Waals surface area contributed by atoms with Gasteiger partial charge in [0.15, 0.2) is 17.6 Å². The first-order valence-electron chi connectivity index (χ1n) is 5.42. The first kappa shape index (κ1) is 10.9. The van der Waals surface area contributed by atoms with Gasteiger partial charge in [-0.3, -0.25) is 0 Å². The molecule has 3 heteroatoms. The van der Waals surface area contributed by atoms with E-state index in [0.717, 1.165) is 17.1 Å². The van der Waals surface area contributed by atoms with Crippen LogP contribution in [0.4, 0.5) is 0 Å². The maximum atomic E-state index is 5.75. The van der Waals surface area contributed by atoms with Gasteiger partial charge in [-0.1, -0.05) is 12.6 Å². The standard InChI is InChI=1S/C13H16O3/c1-4-14-10(3)13-8-15-12-7-9(2)5-6-11(12)16-13/h5-7,13H,3-4,8H2,1-2H3. The van der Waals surface area contributed by atoms with Crippen LogP contribution in [0.1, 0.15) is 12.5 Å². The van der Waals surface area contributed by atoms with Gasteiger partial charge in [0.05, 0.1) is 6.61 Å². The molecule has 86 valence electrons. The summed E-state index contributed by atoms with van der Waals surface area (Å²) in [6, 6.07) is 5.87.